The van der Waals surface area contributed by atoms with Gasteiger partial charge in [0.15, 0.2) is 0 Å². The van der Waals surface area contributed by atoms with E-state index in [-0.39, 0.29) is 13.2 Å². The van der Waals surface area contributed by atoms with E-state index in [9.17, 15) is 14.4 Å². The zero-order valence-corrected chi connectivity index (χ0v) is 20.9. The first-order chi connectivity index (χ1) is 17.4. The fourth-order valence-electron chi connectivity index (χ4n) is 4.41. The van der Waals surface area contributed by atoms with Gasteiger partial charge in [0.25, 0.3) is 11.1 Å². The minimum Gasteiger partial charge on any atom is -0.493 e. The molecule has 1 saturated heterocycles. The molecule has 1 fully saturated rings. The van der Waals surface area contributed by atoms with E-state index in [1.807, 2.05) is 43.3 Å². The van der Waals surface area contributed by atoms with Gasteiger partial charge in [0.2, 0.25) is 4.75 Å². The first-order valence-corrected chi connectivity index (χ1v) is 12.5. The van der Waals surface area contributed by atoms with E-state index < -0.39 is 27.8 Å². The summed E-state index contributed by atoms with van der Waals surface area (Å²) >= 11 is 6.97. The molecule has 184 valence electrons. The van der Waals surface area contributed by atoms with Crippen LogP contribution in [0.4, 0.5) is 4.79 Å². The quantitative estimate of drug-likeness (QED) is 0.324. The highest BCUT2D eigenvalue weighted by Crippen LogP contribution is 2.51. The third kappa shape index (κ3) is 4.54. The molecule has 7 nitrogen and oxygen atoms in total. The van der Waals surface area contributed by atoms with Crippen molar-refractivity contribution in [2.45, 2.75) is 30.6 Å². The van der Waals surface area contributed by atoms with Crippen LogP contribution in [-0.4, -0.2) is 28.5 Å². The van der Waals surface area contributed by atoms with E-state index in [2.05, 4.69) is 5.32 Å². The summed E-state index contributed by atoms with van der Waals surface area (Å²) in [6.07, 6.45) is 0.352. The number of halogens is 1. The van der Waals surface area contributed by atoms with Crippen molar-refractivity contribution in [3.05, 3.63) is 88.4 Å². The second kappa shape index (κ2) is 9.87. The maximum Gasteiger partial charge on any atom is 0.333 e. The summed E-state index contributed by atoms with van der Waals surface area (Å²) in [5, 5.41) is 2.17. The molecule has 2 aliphatic heterocycles. The first kappa shape index (κ1) is 24.2. The number of nitrogens with one attached hydrogen (secondary N) is 1. The summed E-state index contributed by atoms with van der Waals surface area (Å²) in [5.41, 5.74) is 2.41. The Labute approximate surface area is 217 Å². The molecule has 3 aromatic carbocycles. The number of amides is 2. The van der Waals surface area contributed by atoms with E-state index in [0.29, 0.717) is 46.0 Å². The van der Waals surface area contributed by atoms with E-state index in [1.54, 1.807) is 30.3 Å². The normalized spacial score (nSPS) is 20.8. The molecule has 36 heavy (non-hydrogen) atoms. The highest BCUT2D eigenvalue weighted by atomic mass is 35.5. The smallest absolute Gasteiger partial charge is 0.333 e. The van der Waals surface area contributed by atoms with Crippen molar-refractivity contribution in [1.82, 2.24) is 5.32 Å². The Balaban J connectivity index is 1.45. The van der Waals surface area contributed by atoms with Crippen LogP contribution in [0.25, 0.3) is 0 Å². The highest BCUT2D eigenvalue weighted by Gasteiger charge is 2.61. The highest BCUT2D eigenvalue weighted by molar-refractivity contribution is 8.16. The number of carbonyl (C=O) groups is 3. The fourth-order valence-corrected chi connectivity index (χ4v) is 5.79. The summed E-state index contributed by atoms with van der Waals surface area (Å²) in [6.45, 7) is 2.18. The average molecular weight is 524 g/mol. The molecule has 2 amide bonds. The van der Waals surface area contributed by atoms with Crippen LogP contribution in [0.1, 0.15) is 29.0 Å². The van der Waals surface area contributed by atoms with E-state index in [1.165, 1.54) is 0 Å². The lowest BCUT2D eigenvalue weighted by Crippen LogP contribution is -2.50. The molecule has 3 aromatic rings. The zero-order valence-electron chi connectivity index (χ0n) is 19.3. The fraction of sp³-hybridized carbons (Fsp3) is 0.222. The number of hydrogen-bond acceptors (Lipinski definition) is 7. The Morgan fingerprint density at radius 1 is 1.14 bits per heavy atom. The van der Waals surface area contributed by atoms with Gasteiger partial charge in [0, 0.05) is 17.5 Å². The van der Waals surface area contributed by atoms with Gasteiger partial charge in [-0.1, -0.05) is 54.1 Å². The molecule has 9 heteroatoms. The number of fused-ring (bicyclic) bond motifs is 1. The summed E-state index contributed by atoms with van der Waals surface area (Å²) < 4.78 is 15.6. The van der Waals surface area contributed by atoms with Crippen LogP contribution in [0, 0.1) is 6.92 Å². The van der Waals surface area contributed by atoms with E-state index in [0.717, 1.165) is 11.1 Å². The maximum absolute atomic E-state index is 13.4. The minimum absolute atomic E-state index is 0.0103. The zero-order chi connectivity index (χ0) is 25.3. The van der Waals surface area contributed by atoms with Crippen molar-refractivity contribution in [2.75, 3.05) is 6.61 Å². The number of thioether (sulfide) groups is 1. The van der Waals surface area contributed by atoms with Crippen molar-refractivity contribution >= 4 is 40.5 Å². The molecule has 0 radical (unpaired) electrons. The molecular weight excluding hydrogens is 502 g/mol. The molecule has 1 unspecified atom stereocenters. The Morgan fingerprint density at radius 3 is 2.67 bits per heavy atom. The second-order valence-electron chi connectivity index (χ2n) is 8.57. The minimum atomic E-state index is -1.76. The van der Waals surface area contributed by atoms with Crippen LogP contribution in [0.3, 0.4) is 0 Å². The van der Waals surface area contributed by atoms with Crippen LogP contribution < -0.4 is 14.8 Å². The molecule has 0 aromatic heterocycles. The van der Waals surface area contributed by atoms with Crippen molar-refractivity contribution in [3.8, 4) is 17.2 Å². The van der Waals surface area contributed by atoms with Gasteiger partial charge in [-0.3, -0.25) is 14.9 Å². The number of esters is 1. The number of ether oxygens (including phenoxy) is 3. The van der Waals surface area contributed by atoms with Crippen LogP contribution >= 0.6 is 23.4 Å². The van der Waals surface area contributed by atoms with E-state index >= 15 is 0 Å². The number of imide groups is 1. The maximum atomic E-state index is 13.4. The van der Waals surface area contributed by atoms with Crippen molar-refractivity contribution in [1.29, 1.82) is 0 Å². The average Bonchev–Trinajstić information content (AvgIpc) is 3.18. The monoisotopic (exact) mass is 523 g/mol. The van der Waals surface area contributed by atoms with Crippen molar-refractivity contribution < 1.29 is 28.6 Å². The molecule has 2 heterocycles. The lowest BCUT2D eigenvalue weighted by molar-refractivity contribution is -0.152. The number of benzene rings is 3. The Hall–Kier alpha value is -3.49. The van der Waals surface area contributed by atoms with E-state index in [4.69, 9.17) is 25.8 Å². The van der Waals surface area contributed by atoms with Gasteiger partial charge in [-0.05, 0) is 54.4 Å². The standard InChI is InChI=1S/C27H22ClNO6S/c1-16-7-10-22(21(28)13-16)35-18-8-9-19-20(11-12-33-23(19)14-18)27(24(30)29-26(32)36-27)25(31)34-15-17-5-3-2-4-6-17/h2-10,13-14,20H,11-12,15H2,1H3,(H,29,30,32)/t20?,27-/m1/s1. The summed E-state index contributed by atoms with van der Waals surface area (Å²) in [7, 11) is 0. The molecular formula is C27H22ClNO6S. The molecule has 2 aliphatic rings. The predicted octanol–water partition coefficient (Wildman–Crippen LogP) is 5.77. The van der Waals surface area contributed by atoms with Gasteiger partial charge in [-0.2, -0.15) is 0 Å². The third-order valence-electron chi connectivity index (χ3n) is 6.15. The van der Waals surface area contributed by atoms with Crippen LogP contribution in [0.15, 0.2) is 66.7 Å². The third-order valence-corrected chi connectivity index (χ3v) is 7.69. The summed E-state index contributed by atoms with van der Waals surface area (Å²) in [6, 6.07) is 19.8. The molecule has 0 aliphatic carbocycles. The number of rotatable bonds is 6. The molecule has 1 N–H and O–H groups in total. The largest absolute Gasteiger partial charge is 0.493 e. The van der Waals surface area contributed by atoms with Gasteiger partial charge in [0.1, 0.15) is 23.9 Å². The van der Waals surface area contributed by atoms with Gasteiger partial charge in [-0.25, -0.2) is 4.79 Å². The Morgan fingerprint density at radius 2 is 1.94 bits per heavy atom. The Bertz CT molecular complexity index is 1350. The molecule has 5 rings (SSSR count). The molecule has 2 atom stereocenters. The topological polar surface area (TPSA) is 90.9 Å². The molecule has 0 bridgehead atoms. The summed E-state index contributed by atoms with van der Waals surface area (Å²) in [5.74, 6) is -0.634. The van der Waals surface area contributed by atoms with Crippen molar-refractivity contribution in [3.63, 3.8) is 0 Å². The predicted molar refractivity (Wildman–Crippen MR) is 136 cm³/mol. The summed E-state index contributed by atoms with van der Waals surface area (Å²) in [4.78, 5) is 38.8. The SMILES string of the molecule is Cc1ccc(Oc2ccc3c(c2)OCCC3[C@@]2(C(=O)OCc3ccccc3)SC(=O)NC2=O)c(Cl)c1. The molecule has 0 spiro atoms. The second-order valence-corrected chi connectivity index (χ2v) is 10.2. The van der Waals surface area contributed by atoms with Crippen LogP contribution in [0.2, 0.25) is 5.02 Å². The van der Waals surface area contributed by atoms with Gasteiger partial charge >= 0.3 is 5.97 Å². The van der Waals surface area contributed by atoms with Crippen molar-refractivity contribution in [2.24, 2.45) is 0 Å². The van der Waals surface area contributed by atoms with Crippen LogP contribution in [-0.2, 0) is 20.9 Å². The van der Waals surface area contributed by atoms with Gasteiger partial charge < -0.3 is 14.2 Å². The number of hydrogen-bond donors (Lipinski definition) is 1. The lowest BCUT2D eigenvalue weighted by atomic mass is 9.80. The molecule has 0 saturated carbocycles. The first-order valence-electron chi connectivity index (χ1n) is 11.3. The lowest BCUT2D eigenvalue weighted by Gasteiger charge is -2.35. The van der Waals surface area contributed by atoms with Gasteiger partial charge in [0.05, 0.1) is 11.6 Å². The number of aryl methyl sites for hydroxylation is 1. The number of carbonyl (C=O) groups excluding carboxylic acids is 3. The van der Waals surface area contributed by atoms with Crippen LogP contribution in [0.5, 0.6) is 17.2 Å². The Kier molecular flexibility index (Phi) is 6.64. The van der Waals surface area contributed by atoms with Gasteiger partial charge in [-0.15, -0.1) is 0 Å².